The summed E-state index contributed by atoms with van der Waals surface area (Å²) in [6.45, 7) is 3.76. The minimum Gasteiger partial charge on any atom is -0.391 e. The smallest absolute Gasteiger partial charge is 0.251 e. The lowest BCUT2D eigenvalue weighted by Crippen LogP contribution is -2.52. The molecule has 0 unspecified atom stereocenters. The lowest BCUT2D eigenvalue weighted by atomic mass is 9.89. The normalized spacial score (nSPS) is 25.7. The third-order valence-electron chi connectivity index (χ3n) is 5.52. The predicted octanol–water partition coefficient (Wildman–Crippen LogP) is 1.04. The first-order valence-corrected chi connectivity index (χ1v) is 9.41. The van der Waals surface area contributed by atoms with Gasteiger partial charge in [-0.2, -0.15) is 0 Å². The molecule has 0 radical (unpaired) electrons. The highest BCUT2D eigenvalue weighted by Crippen LogP contribution is 2.25. The lowest BCUT2D eigenvalue weighted by Gasteiger charge is -2.41. The van der Waals surface area contributed by atoms with Crippen molar-refractivity contribution in [2.45, 2.75) is 70.2 Å². The number of carbonyl (C=O) groups excluding carboxylic acids is 1. The molecule has 1 aromatic heterocycles. The number of likely N-dealkylation sites (tertiary alicyclic amines) is 1. The van der Waals surface area contributed by atoms with E-state index in [4.69, 9.17) is 0 Å². The van der Waals surface area contributed by atoms with Crippen LogP contribution in [-0.2, 0) is 11.3 Å². The van der Waals surface area contributed by atoms with E-state index in [-0.39, 0.29) is 36.2 Å². The average Bonchev–Trinajstić information content (AvgIpc) is 2.59. The fraction of sp³-hybridized carbons (Fsp3) is 0.684. The summed E-state index contributed by atoms with van der Waals surface area (Å²) in [5, 5.41) is 13.3. The lowest BCUT2D eigenvalue weighted by molar-refractivity contribution is -0.122. The molecular weight excluding hydrogens is 318 g/mol. The molecule has 0 bridgehead atoms. The van der Waals surface area contributed by atoms with Crippen LogP contribution < -0.4 is 10.9 Å². The molecule has 2 N–H and O–H groups in total. The van der Waals surface area contributed by atoms with E-state index in [1.54, 1.807) is 12.3 Å². The molecule has 1 saturated heterocycles. The molecule has 1 aliphatic carbocycles. The number of nitrogens with zero attached hydrogens (tertiary/aromatic N) is 2. The van der Waals surface area contributed by atoms with Crippen LogP contribution in [0.1, 0.15) is 44.1 Å². The van der Waals surface area contributed by atoms with Crippen LogP contribution in [0.15, 0.2) is 23.1 Å². The molecule has 2 fully saturated rings. The number of rotatable bonds is 4. The van der Waals surface area contributed by atoms with Gasteiger partial charge in [0.25, 0.3) is 5.56 Å². The highest BCUT2D eigenvalue weighted by molar-refractivity contribution is 5.76. The number of aliphatic hydroxyl groups is 1. The van der Waals surface area contributed by atoms with Crippen molar-refractivity contribution in [3.05, 3.63) is 34.2 Å². The number of aliphatic hydroxyl groups excluding tert-OH is 1. The van der Waals surface area contributed by atoms with Crippen molar-refractivity contribution >= 4 is 5.91 Å². The van der Waals surface area contributed by atoms with Crippen molar-refractivity contribution in [2.75, 3.05) is 13.1 Å². The largest absolute Gasteiger partial charge is 0.391 e. The Morgan fingerprint density at radius 1 is 1.24 bits per heavy atom. The highest BCUT2D eigenvalue weighted by atomic mass is 16.3. The second kappa shape index (κ2) is 8.15. The van der Waals surface area contributed by atoms with E-state index in [2.05, 4.69) is 10.2 Å². The standard InChI is InChI=1S/C19H29N3O3/c1-14-6-9-22(19(25)12-14)13-18(24)20-15-7-10-21(11-8-15)16-4-2-3-5-17(16)23/h6,9,12,15-17,23H,2-5,7-8,10-11,13H2,1H3,(H,20,24)/t16-,17+/m0/s1. The molecule has 2 atom stereocenters. The summed E-state index contributed by atoms with van der Waals surface area (Å²) in [6.07, 6.45) is 7.58. The zero-order valence-corrected chi connectivity index (χ0v) is 15.0. The van der Waals surface area contributed by atoms with Gasteiger partial charge in [0, 0.05) is 37.4 Å². The average molecular weight is 347 g/mol. The number of pyridine rings is 1. The van der Waals surface area contributed by atoms with Gasteiger partial charge in [-0.25, -0.2) is 0 Å². The Morgan fingerprint density at radius 3 is 2.64 bits per heavy atom. The fourth-order valence-corrected chi connectivity index (χ4v) is 4.06. The van der Waals surface area contributed by atoms with E-state index >= 15 is 0 Å². The Kier molecular flexibility index (Phi) is 5.91. The first-order valence-electron chi connectivity index (χ1n) is 9.41. The van der Waals surface area contributed by atoms with Gasteiger partial charge in [0.05, 0.1) is 6.10 Å². The van der Waals surface area contributed by atoms with E-state index in [0.29, 0.717) is 0 Å². The third kappa shape index (κ3) is 4.70. The monoisotopic (exact) mass is 347 g/mol. The molecule has 25 heavy (non-hydrogen) atoms. The minimum atomic E-state index is -0.201. The summed E-state index contributed by atoms with van der Waals surface area (Å²) in [7, 11) is 0. The summed E-state index contributed by atoms with van der Waals surface area (Å²) < 4.78 is 1.44. The Morgan fingerprint density at radius 2 is 1.96 bits per heavy atom. The Balaban J connectivity index is 1.47. The number of piperidine rings is 1. The number of aromatic nitrogens is 1. The summed E-state index contributed by atoms with van der Waals surface area (Å²) in [5.74, 6) is -0.109. The van der Waals surface area contributed by atoms with Crippen molar-refractivity contribution in [1.29, 1.82) is 0 Å². The molecule has 1 aromatic rings. The van der Waals surface area contributed by atoms with Gasteiger partial charge in [-0.1, -0.05) is 12.8 Å². The van der Waals surface area contributed by atoms with Crippen molar-refractivity contribution in [2.24, 2.45) is 0 Å². The highest BCUT2D eigenvalue weighted by Gasteiger charge is 2.31. The van der Waals surface area contributed by atoms with Gasteiger partial charge in [-0.3, -0.25) is 14.5 Å². The molecule has 0 spiro atoms. The van der Waals surface area contributed by atoms with Crippen LogP contribution in [0.2, 0.25) is 0 Å². The predicted molar refractivity (Wildman–Crippen MR) is 96.4 cm³/mol. The molecule has 6 heteroatoms. The SMILES string of the molecule is Cc1ccn(CC(=O)NC2CCN([C@H]3CCCC[C@H]3O)CC2)c(=O)c1. The number of nitrogens with one attached hydrogen (secondary N) is 1. The van der Waals surface area contributed by atoms with E-state index in [1.165, 1.54) is 11.0 Å². The molecule has 2 aliphatic rings. The van der Waals surface area contributed by atoms with Gasteiger partial charge in [-0.05, 0) is 44.2 Å². The van der Waals surface area contributed by atoms with Gasteiger partial charge in [0.15, 0.2) is 0 Å². The summed E-state index contributed by atoms with van der Waals surface area (Å²) >= 11 is 0. The van der Waals surface area contributed by atoms with Crippen LogP contribution >= 0.6 is 0 Å². The number of hydrogen-bond donors (Lipinski definition) is 2. The molecule has 3 rings (SSSR count). The van der Waals surface area contributed by atoms with Crippen LogP contribution in [0.3, 0.4) is 0 Å². The maximum Gasteiger partial charge on any atom is 0.251 e. The van der Waals surface area contributed by atoms with E-state index in [1.807, 2.05) is 13.0 Å². The molecule has 1 aliphatic heterocycles. The van der Waals surface area contributed by atoms with E-state index in [0.717, 1.165) is 50.8 Å². The van der Waals surface area contributed by atoms with Crippen LogP contribution in [-0.4, -0.2) is 51.8 Å². The van der Waals surface area contributed by atoms with Crippen LogP contribution in [0, 0.1) is 6.92 Å². The van der Waals surface area contributed by atoms with Crippen LogP contribution in [0.4, 0.5) is 0 Å². The molecule has 138 valence electrons. The fourth-order valence-electron chi connectivity index (χ4n) is 4.06. The second-order valence-corrected chi connectivity index (χ2v) is 7.47. The summed E-state index contributed by atoms with van der Waals surface area (Å²) in [6, 6.07) is 3.83. The first-order chi connectivity index (χ1) is 12.0. The summed E-state index contributed by atoms with van der Waals surface area (Å²) in [5.41, 5.74) is 0.759. The number of aryl methyl sites for hydroxylation is 1. The van der Waals surface area contributed by atoms with Crippen molar-refractivity contribution < 1.29 is 9.90 Å². The van der Waals surface area contributed by atoms with Gasteiger partial charge in [-0.15, -0.1) is 0 Å². The first kappa shape index (κ1) is 18.1. The van der Waals surface area contributed by atoms with E-state index < -0.39 is 0 Å². The Bertz CT molecular complexity index is 650. The quantitative estimate of drug-likeness (QED) is 0.853. The molecule has 1 amide bonds. The topological polar surface area (TPSA) is 74.6 Å². The maximum atomic E-state index is 12.2. The second-order valence-electron chi connectivity index (χ2n) is 7.47. The third-order valence-corrected chi connectivity index (χ3v) is 5.52. The van der Waals surface area contributed by atoms with Gasteiger partial charge in [0.1, 0.15) is 6.54 Å². The summed E-state index contributed by atoms with van der Waals surface area (Å²) in [4.78, 5) is 26.5. The van der Waals surface area contributed by atoms with Crippen LogP contribution in [0.25, 0.3) is 0 Å². The van der Waals surface area contributed by atoms with Gasteiger partial charge < -0.3 is 15.0 Å². The van der Waals surface area contributed by atoms with E-state index in [9.17, 15) is 14.7 Å². The molecular formula is C19H29N3O3. The zero-order valence-electron chi connectivity index (χ0n) is 15.0. The molecule has 6 nitrogen and oxygen atoms in total. The zero-order chi connectivity index (χ0) is 17.8. The van der Waals surface area contributed by atoms with Gasteiger partial charge in [0.2, 0.25) is 5.91 Å². The Hall–Kier alpha value is -1.66. The van der Waals surface area contributed by atoms with Crippen molar-refractivity contribution in [3.8, 4) is 0 Å². The maximum absolute atomic E-state index is 12.2. The number of hydrogen-bond acceptors (Lipinski definition) is 4. The number of amides is 1. The van der Waals surface area contributed by atoms with Crippen LogP contribution in [0.5, 0.6) is 0 Å². The Labute approximate surface area is 148 Å². The minimum absolute atomic E-state index is 0.0701. The molecule has 2 heterocycles. The van der Waals surface area contributed by atoms with Crippen molar-refractivity contribution in [1.82, 2.24) is 14.8 Å². The van der Waals surface area contributed by atoms with Crippen molar-refractivity contribution in [3.63, 3.8) is 0 Å². The number of carbonyl (C=O) groups is 1. The molecule has 0 aromatic carbocycles. The molecule has 1 saturated carbocycles. The van der Waals surface area contributed by atoms with Gasteiger partial charge >= 0.3 is 0 Å².